The second kappa shape index (κ2) is 11.5. The topological polar surface area (TPSA) is 107 Å². The minimum Gasteiger partial charge on any atom is -0.495 e. The van der Waals surface area contributed by atoms with Crippen LogP contribution in [0.25, 0.3) is 0 Å². The number of nitrogens with zero attached hydrogens (tertiary/aromatic N) is 3. The maximum absolute atomic E-state index is 12.5. The van der Waals surface area contributed by atoms with Crippen molar-refractivity contribution in [3.8, 4) is 17.4 Å². The third-order valence-electron chi connectivity index (χ3n) is 5.91. The number of halogens is 3. The van der Waals surface area contributed by atoms with E-state index in [1.54, 1.807) is 0 Å². The largest absolute Gasteiger partial charge is 0.573 e. The Bertz CT molecular complexity index is 1030. The normalized spacial score (nSPS) is 20.4. The molecule has 0 unspecified atom stereocenters. The van der Waals surface area contributed by atoms with Crippen molar-refractivity contribution in [2.75, 3.05) is 43.6 Å². The van der Waals surface area contributed by atoms with Crippen molar-refractivity contribution in [1.82, 2.24) is 15.3 Å². The Morgan fingerprint density at radius 3 is 2.56 bits per heavy atom. The Morgan fingerprint density at radius 2 is 1.86 bits per heavy atom. The van der Waals surface area contributed by atoms with E-state index in [2.05, 4.69) is 30.2 Å². The van der Waals surface area contributed by atoms with Gasteiger partial charge in [0.15, 0.2) is 0 Å². The quantitative estimate of drug-likeness (QED) is 0.579. The van der Waals surface area contributed by atoms with Gasteiger partial charge >= 0.3 is 12.4 Å². The van der Waals surface area contributed by atoms with Gasteiger partial charge in [-0.1, -0.05) is 0 Å². The van der Waals surface area contributed by atoms with Gasteiger partial charge in [0, 0.05) is 31.3 Å². The van der Waals surface area contributed by atoms with E-state index in [-0.39, 0.29) is 23.6 Å². The summed E-state index contributed by atoms with van der Waals surface area (Å²) in [6.07, 6.45) is -0.637. The van der Waals surface area contributed by atoms with E-state index in [1.807, 2.05) is 6.07 Å². The van der Waals surface area contributed by atoms with E-state index in [0.29, 0.717) is 44.8 Å². The van der Waals surface area contributed by atoms with Gasteiger partial charge in [0.25, 0.3) is 0 Å². The van der Waals surface area contributed by atoms with E-state index < -0.39 is 18.1 Å². The Balaban J connectivity index is 1.26. The van der Waals surface area contributed by atoms with E-state index >= 15 is 0 Å². The molecule has 2 aliphatic rings. The highest BCUT2D eigenvalue weighted by atomic mass is 19.4. The molecular weight excluding hydrogens is 483 g/mol. The van der Waals surface area contributed by atoms with Crippen LogP contribution in [0.5, 0.6) is 17.4 Å². The average molecular weight is 512 g/mol. The van der Waals surface area contributed by atoms with Crippen molar-refractivity contribution in [1.29, 1.82) is 0 Å². The lowest BCUT2D eigenvalue weighted by Crippen LogP contribution is -2.41. The fourth-order valence-electron chi connectivity index (χ4n) is 4.18. The van der Waals surface area contributed by atoms with Crippen LogP contribution >= 0.6 is 0 Å². The van der Waals surface area contributed by atoms with Crippen LogP contribution in [-0.4, -0.2) is 67.9 Å². The van der Waals surface area contributed by atoms with Crippen LogP contribution in [0.4, 0.5) is 29.5 Å². The number of alkyl halides is 3. The Hall–Kier alpha value is -3.48. The summed E-state index contributed by atoms with van der Waals surface area (Å²) in [5.74, 6) is 1.06. The molecule has 2 N–H and O–H groups in total. The summed E-state index contributed by atoms with van der Waals surface area (Å²) in [6, 6.07) is 4.62. The summed E-state index contributed by atoms with van der Waals surface area (Å²) in [6.45, 7) is 2.84. The van der Waals surface area contributed by atoms with E-state index in [1.165, 1.54) is 19.5 Å². The van der Waals surface area contributed by atoms with Gasteiger partial charge in [-0.3, -0.25) is 0 Å². The second-order valence-corrected chi connectivity index (χ2v) is 8.41. The zero-order valence-electron chi connectivity index (χ0n) is 19.7. The molecular formula is C23H28F3N5O5. The van der Waals surface area contributed by atoms with Crippen LogP contribution in [-0.2, 0) is 4.74 Å². The van der Waals surface area contributed by atoms with Gasteiger partial charge in [-0.25, -0.2) is 14.8 Å². The highest BCUT2D eigenvalue weighted by Gasteiger charge is 2.31. The van der Waals surface area contributed by atoms with Crippen molar-refractivity contribution in [3.63, 3.8) is 0 Å². The molecule has 1 aromatic carbocycles. The lowest BCUT2D eigenvalue weighted by atomic mass is 9.93. The van der Waals surface area contributed by atoms with Gasteiger partial charge in [-0.15, -0.1) is 13.2 Å². The van der Waals surface area contributed by atoms with Gasteiger partial charge in [-0.05, 0) is 37.8 Å². The Labute approximate surface area is 206 Å². The lowest BCUT2D eigenvalue weighted by Gasteiger charge is -2.30. The molecule has 1 saturated heterocycles. The number of hydrogen-bond acceptors (Lipinski definition) is 8. The number of benzene rings is 1. The van der Waals surface area contributed by atoms with Gasteiger partial charge in [0.05, 0.1) is 26.0 Å². The number of urea groups is 1. The molecule has 0 radical (unpaired) electrons. The van der Waals surface area contributed by atoms with Crippen LogP contribution in [0.1, 0.15) is 25.7 Å². The predicted octanol–water partition coefficient (Wildman–Crippen LogP) is 3.73. The van der Waals surface area contributed by atoms with E-state index in [4.69, 9.17) is 14.2 Å². The van der Waals surface area contributed by atoms with Crippen molar-refractivity contribution in [2.45, 2.75) is 44.2 Å². The number of rotatable bonds is 7. The fourth-order valence-corrected chi connectivity index (χ4v) is 4.18. The summed E-state index contributed by atoms with van der Waals surface area (Å²) < 4.78 is 58.0. The molecule has 4 rings (SSSR count). The number of ether oxygens (including phenoxy) is 4. The summed E-state index contributed by atoms with van der Waals surface area (Å²) in [7, 11) is 1.35. The fraction of sp³-hybridized carbons (Fsp3) is 0.522. The van der Waals surface area contributed by atoms with Crippen molar-refractivity contribution < 1.29 is 36.9 Å². The number of hydrogen-bond donors (Lipinski definition) is 2. The minimum absolute atomic E-state index is 0.0464. The molecule has 13 heteroatoms. The molecule has 0 atom stereocenters. The van der Waals surface area contributed by atoms with Gasteiger partial charge in [0.2, 0.25) is 5.88 Å². The zero-order valence-corrected chi connectivity index (χ0v) is 19.7. The average Bonchev–Trinajstić information content (AvgIpc) is 2.85. The van der Waals surface area contributed by atoms with Gasteiger partial charge in [0.1, 0.15) is 29.7 Å². The smallest absolute Gasteiger partial charge is 0.495 e. The van der Waals surface area contributed by atoms with Crippen LogP contribution in [0.15, 0.2) is 30.6 Å². The number of amides is 2. The standard InChI is InChI=1S/C23H28F3N5O5/c1-33-19-7-6-17(36-23(24,25)26)12-18(19)30-22(32)29-15-2-4-16(5-3-15)35-21-13-20(27-14-28-21)31-8-10-34-11-9-31/h6-7,12-16H,2-5,8-11H2,1H3,(H2,29,30,32)/t15-,16-. The van der Waals surface area contributed by atoms with E-state index in [9.17, 15) is 18.0 Å². The number of carbonyl (C=O) groups excluding carboxylic acids is 1. The number of morpholine rings is 1. The second-order valence-electron chi connectivity index (χ2n) is 8.41. The third kappa shape index (κ3) is 7.26. The Kier molecular flexibility index (Phi) is 8.18. The molecule has 1 aliphatic carbocycles. The molecule has 2 fully saturated rings. The zero-order chi connectivity index (χ0) is 25.5. The number of nitrogens with one attached hydrogen (secondary N) is 2. The van der Waals surface area contributed by atoms with Crippen molar-refractivity contribution >= 4 is 17.5 Å². The SMILES string of the molecule is COc1ccc(OC(F)(F)F)cc1NC(=O)N[C@H]1CC[C@H](Oc2cc(N3CCOCC3)ncn2)CC1. The first-order valence-electron chi connectivity index (χ1n) is 11.6. The Morgan fingerprint density at radius 1 is 1.11 bits per heavy atom. The van der Waals surface area contributed by atoms with Crippen LogP contribution in [0, 0.1) is 0 Å². The summed E-state index contributed by atoms with van der Waals surface area (Å²) in [5, 5.41) is 5.39. The molecule has 196 valence electrons. The highest BCUT2D eigenvalue weighted by molar-refractivity contribution is 5.91. The maximum Gasteiger partial charge on any atom is 0.573 e. The summed E-state index contributed by atoms with van der Waals surface area (Å²) >= 11 is 0. The first kappa shape index (κ1) is 25.6. The summed E-state index contributed by atoms with van der Waals surface area (Å²) in [4.78, 5) is 23.2. The highest BCUT2D eigenvalue weighted by Crippen LogP contribution is 2.32. The number of aromatic nitrogens is 2. The number of anilines is 2. The molecule has 2 aromatic rings. The molecule has 2 amide bonds. The molecule has 36 heavy (non-hydrogen) atoms. The molecule has 1 aliphatic heterocycles. The third-order valence-corrected chi connectivity index (χ3v) is 5.91. The van der Waals surface area contributed by atoms with Gasteiger partial charge in [-0.2, -0.15) is 0 Å². The molecule has 2 heterocycles. The molecule has 10 nitrogen and oxygen atoms in total. The summed E-state index contributed by atoms with van der Waals surface area (Å²) in [5.41, 5.74) is 0.0635. The monoisotopic (exact) mass is 511 g/mol. The van der Waals surface area contributed by atoms with Crippen LogP contribution in [0.3, 0.4) is 0 Å². The van der Waals surface area contributed by atoms with Crippen LogP contribution < -0.4 is 29.7 Å². The lowest BCUT2D eigenvalue weighted by molar-refractivity contribution is -0.274. The molecule has 1 aromatic heterocycles. The van der Waals surface area contributed by atoms with Crippen LogP contribution in [0.2, 0.25) is 0 Å². The molecule has 0 bridgehead atoms. The first-order valence-corrected chi connectivity index (χ1v) is 11.6. The number of methoxy groups -OCH3 is 1. The predicted molar refractivity (Wildman–Crippen MR) is 124 cm³/mol. The minimum atomic E-state index is -4.84. The number of carbonyl (C=O) groups is 1. The molecule has 1 saturated carbocycles. The van der Waals surface area contributed by atoms with Crippen molar-refractivity contribution in [3.05, 3.63) is 30.6 Å². The maximum atomic E-state index is 12.5. The first-order chi connectivity index (χ1) is 17.3. The van der Waals surface area contributed by atoms with E-state index in [0.717, 1.165) is 31.0 Å². The van der Waals surface area contributed by atoms with Gasteiger partial charge < -0.3 is 34.5 Å². The molecule has 0 spiro atoms. The van der Waals surface area contributed by atoms with Crippen molar-refractivity contribution in [2.24, 2.45) is 0 Å².